The first-order valence-corrected chi connectivity index (χ1v) is 5.06. The van der Waals surface area contributed by atoms with Crippen molar-refractivity contribution in [2.45, 2.75) is 32.1 Å². The van der Waals surface area contributed by atoms with Crippen LogP contribution in [-0.2, 0) is 11.2 Å². The summed E-state index contributed by atoms with van der Waals surface area (Å²) in [6.07, 6.45) is 6.39. The van der Waals surface area contributed by atoms with Crippen LogP contribution in [0.2, 0.25) is 0 Å². The number of aromatic amines is 1. The van der Waals surface area contributed by atoms with E-state index in [0.29, 0.717) is 5.92 Å². The number of carboxylic acid groups (broad SMARTS) is 1. The number of fused-ring (bicyclic) bond motifs is 1. The molecule has 2 rings (SSSR count). The third kappa shape index (κ3) is 1.54. The summed E-state index contributed by atoms with van der Waals surface area (Å²) < 4.78 is 0. The Hall–Kier alpha value is -1.25. The highest BCUT2D eigenvalue weighted by Gasteiger charge is 2.28. The van der Waals surface area contributed by atoms with Gasteiger partial charge in [-0.25, -0.2) is 0 Å². The Morgan fingerprint density at radius 1 is 1.64 bits per heavy atom. The fourth-order valence-electron chi connectivity index (χ4n) is 2.36. The van der Waals surface area contributed by atoms with Gasteiger partial charge in [0.1, 0.15) is 0 Å². The first-order chi connectivity index (χ1) is 6.68. The lowest BCUT2D eigenvalue weighted by molar-refractivity contribution is -0.137. The highest BCUT2D eigenvalue weighted by Crippen LogP contribution is 2.37. The lowest BCUT2D eigenvalue weighted by atomic mass is 9.76. The molecule has 0 radical (unpaired) electrons. The minimum absolute atomic E-state index is 0.197. The largest absolute Gasteiger partial charge is 0.481 e. The molecule has 1 heterocycles. The second-order valence-corrected chi connectivity index (χ2v) is 4.16. The summed E-state index contributed by atoms with van der Waals surface area (Å²) in [5.41, 5.74) is 2.51. The Balaban J connectivity index is 2.26. The molecule has 76 valence electrons. The van der Waals surface area contributed by atoms with Gasteiger partial charge >= 0.3 is 5.97 Å². The Labute approximate surface area is 83.1 Å². The maximum absolute atomic E-state index is 10.7. The summed E-state index contributed by atoms with van der Waals surface area (Å²) in [6.45, 7) is 2.14. The summed E-state index contributed by atoms with van der Waals surface area (Å²) in [7, 11) is 0. The monoisotopic (exact) mass is 193 g/mol. The van der Waals surface area contributed by atoms with E-state index in [1.54, 1.807) is 0 Å². The van der Waals surface area contributed by atoms with E-state index in [1.807, 2.05) is 12.4 Å². The van der Waals surface area contributed by atoms with Crippen molar-refractivity contribution in [1.82, 2.24) is 4.98 Å². The van der Waals surface area contributed by atoms with Crippen molar-refractivity contribution in [1.29, 1.82) is 0 Å². The average molecular weight is 193 g/mol. The highest BCUT2D eigenvalue weighted by molar-refractivity contribution is 5.68. The van der Waals surface area contributed by atoms with Crippen LogP contribution >= 0.6 is 0 Å². The number of hydrogen-bond donors (Lipinski definition) is 2. The molecule has 14 heavy (non-hydrogen) atoms. The lowest BCUT2D eigenvalue weighted by Gasteiger charge is -2.27. The van der Waals surface area contributed by atoms with Crippen LogP contribution in [0.3, 0.4) is 0 Å². The van der Waals surface area contributed by atoms with E-state index in [1.165, 1.54) is 11.1 Å². The van der Waals surface area contributed by atoms with Crippen molar-refractivity contribution < 1.29 is 9.90 Å². The maximum Gasteiger partial charge on any atom is 0.303 e. The van der Waals surface area contributed by atoms with E-state index in [-0.39, 0.29) is 12.3 Å². The van der Waals surface area contributed by atoms with Gasteiger partial charge in [-0.3, -0.25) is 4.79 Å². The number of hydrogen-bond acceptors (Lipinski definition) is 1. The summed E-state index contributed by atoms with van der Waals surface area (Å²) in [6, 6.07) is 0. The molecule has 0 amide bonds. The minimum atomic E-state index is -0.698. The standard InChI is InChI=1S/C11H15NO2/c1-7-2-3-8-5-12-6-10(8)9(7)4-11(13)14/h5-7,9,12H,2-4H2,1H3,(H,13,14). The van der Waals surface area contributed by atoms with Crippen molar-refractivity contribution >= 4 is 5.97 Å². The van der Waals surface area contributed by atoms with Crippen LogP contribution < -0.4 is 0 Å². The zero-order chi connectivity index (χ0) is 10.1. The van der Waals surface area contributed by atoms with Crippen molar-refractivity contribution in [3.8, 4) is 0 Å². The molecule has 2 atom stereocenters. The second kappa shape index (κ2) is 3.48. The number of aryl methyl sites for hydroxylation is 1. The molecule has 1 aromatic heterocycles. The molecule has 3 nitrogen and oxygen atoms in total. The molecule has 2 N–H and O–H groups in total. The van der Waals surface area contributed by atoms with Crippen molar-refractivity contribution in [2.24, 2.45) is 5.92 Å². The van der Waals surface area contributed by atoms with Gasteiger partial charge in [-0.2, -0.15) is 0 Å². The highest BCUT2D eigenvalue weighted by atomic mass is 16.4. The maximum atomic E-state index is 10.7. The SMILES string of the molecule is CC1CCc2c[nH]cc2C1CC(=O)O. The van der Waals surface area contributed by atoms with E-state index in [0.717, 1.165) is 12.8 Å². The number of rotatable bonds is 2. The molecule has 0 spiro atoms. The zero-order valence-electron chi connectivity index (χ0n) is 8.29. The Bertz CT molecular complexity index is 343. The predicted octanol–water partition coefficient (Wildman–Crippen LogP) is 2.16. The molecule has 0 fully saturated rings. The van der Waals surface area contributed by atoms with Crippen LogP contribution in [0.25, 0.3) is 0 Å². The van der Waals surface area contributed by atoms with Crippen molar-refractivity contribution in [3.63, 3.8) is 0 Å². The third-order valence-corrected chi connectivity index (χ3v) is 3.22. The molecule has 1 aromatic rings. The summed E-state index contributed by atoms with van der Waals surface area (Å²) in [5, 5.41) is 8.84. The number of aromatic nitrogens is 1. The van der Waals surface area contributed by atoms with Crippen LogP contribution in [0.4, 0.5) is 0 Å². The van der Waals surface area contributed by atoms with Gasteiger partial charge in [-0.05, 0) is 35.8 Å². The average Bonchev–Trinajstić information content (AvgIpc) is 2.57. The van der Waals surface area contributed by atoms with E-state index >= 15 is 0 Å². The molecule has 1 aliphatic rings. The molecule has 0 saturated heterocycles. The fraction of sp³-hybridized carbons (Fsp3) is 0.545. The number of nitrogens with one attached hydrogen (secondary N) is 1. The summed E-state index contributed by atoms with van der Waals surface area (Å²) in [4.78, 5) is 13.8. The number of carboxylic acids is 1. The van der Waals surface area contributed by atoms with E-state index in [9.17, 15) is 4.79 Å². The predicted molar refractivity (Wildman–Crippen MR) is 53.3 cm³/mol. The number of H-pyrrole nitrogens is 1. The topological polar surface area (TPSA) is 53.1 Å². The summed E-state index contributed by atoms with van der Waals surface area (Å²) >= 11 is 0. The van der Waals surface area contributed by atoms with Gasteiger partial charge in [0.05, 0.1) is 6.42 Å². The van der Waals surface area contributed by atoms with Gasteiger partial charge in [0.2, 0.25) is 0 Å². The van der Waals surface area contributed by atoms with Crippen LogP contribution in [-0.4, -0.2) is 16.1 Å². The van der Waals surface area contributed by atoms with Gasteiger partial charge in [0.25, 0.3) is 0 Å². The van der Waals surface area contributed by atoms with Crippen LogP contribution in [0.15, 0.2) is 12.4 Å². The van der Waals surface area contributed by atoms with Gasteiger partial charge < -0.3 is 10.1 Å². The van der Waals surface area contributed by atoms with Crippen LogP contribution in [0.1, 0.15) is 36.8 Å². The Morgan fingerprint density at radius 2 is 2.43 bits per heavy atom. The van der Waals surface area contributed by atoms with Crippen molar-refractivity contribution in [2.75, 3.05) is 0 Å². The molecule has 2 unspecified atom stereocenters. The normalized spacial score (nSPS) is 25.8. The summed E-state index contributed by atoms with van der Waals surface area (Å²) in [5.74, 6) is -0.0206. The molecule has 0 saturated carbocycles. The Morgan fingerprint density at radius 3 is 3.14 bits per heavy atom. The molecule has 0 bridgehead atoms. The van der Waals surface area contributed by atoms with E-state index in [4.69, 9.17) is 5.11 Å². The third-order valence-electron chi connectivity index (χ3n) is 3.22. The van der Waals surface area contributed by atoms with Crippen LogP contribution in [0, 0.1) is 5.92 Å². The quantitative estimate of drug-likeness (QED) is 0.756. The van der Waals surface area contributed by atoms with Crippen LogP contribution in [0.5, 0.6) is 0 Å². The van der Waals surface area contributed by atoms with Crippen molar-refractivity contribution in [3.05, 3.63) is 23.5 Å². The number of aliphatic carboxylic acids is 1. The number of carbonyl (C=O) groups is 1. The molecular formula is C11H15NO2. The van der Waals surface area contributed by atoms with Gasteiger partial charge in [0.15, 0.2) is 0 Å². The lowest BCUT2D eigenvalue weighted by Crippen LogP contribution is -2.19. The van der Waals surface area contributed by atoms with Gasteiger partial charge in [-0.1, -0.05) is 6.92 Å². The molecule has 3 heteroatoms. The first-order valence-electron chi connectivity index (χ1n) is 5.06. The smallest absolute Gasteiger partial charge is 0.303 e. The molecule has 0 aliphatic heterocycles. The molecular weight excluding hydrogens is 178 g/mol. The Kier molecular flexibility index (Phi) is 2.32. The fourth-order valence-corrected chi connectivity index (χ4v) is 2.36. The molecule has 0 aromatic carbocycles. The van der Waals surface area contributed by atoms with Gasteiger partial charge in [0, 0.05) is 12.4 Å². The zero-order valence-corrected chi connectivity index (χ0v) is 8.29. The van der Waals surface area contributed by atoms with Gasteiger partial charge in [-0.15, -0.1) is 0 Å². The van der Waals surface area contributed by atoms with E-state index < -0.39 is 5.97 Å². The first kappa shape index (κ1) is 9.31. The van der Waals surface area contributed by atoms with E-state index in [2.05, 4.69) is 11.9 Å². The second-order valence-electron chi connectivity index (χ2n) is 4.16. The minimum Gasteiger partial charge on any atom is -0.481 e. The molecule has 1 aliphatic carbocycles.